The second-order valence-electron chi connectivity index (χ2n) is 4.86. The van der Waals surface area contributed by atoms with Crippen molar-refractivity contribution in [3.8, 4) is 6.07 Å². The van der Waals surface area contributed by atoms with E-state index in [1.54, 1.807) is 0 Å². The summed E-state index contributed by atoms with van der Waals surface area (Å²) in [6.07, 6.45) is 1.19. The van der Waals surface area contributed by atoms with Gasteiger partial charge in [0.1, 0.15) is 6.61 Å². The van der Waals surface area contributed by atoms with Crippen LogP contribution in [0.1, 0.15) is 20.3 Å². The number of hydrogen-bond acceptors (Lipinski definition) is 4. The number of rotatable bonds is 3. The summed E-state index contributed by atoms with van der Waals surface area (Å²) in [6.45, 7) is 5.66. The predicted octanol–water partition coefficient (Wildman–Crippen LogP) is 0.335. The number of fused-ring (bicyclic) bond motifs is 2. The number of nitriles is 1. The highest BCUT2D eigenvalue weighted by atomic mass is 16.5. The van der Waals surface area contributed by atoms with Gasteiger partial charge in [-0.1, -0.05) is 0 Å². The molecule has 15 heavy (non-hydrogen) atoms. The molecule has 0 amide bonds. The van der Waals surface area contributed by atoms with Gasteiger partial charge in [-0.05, 0) is 26.2 Å². The van der Waals surface area contributed by atoms with Gasteiger partial charge in [-0.2, -0.15) is 5.26 Å². The zero-order valence-corrected chi connectivity index (χ0v) is 9.39. The molecular weight excluding hydrogens is 190 g/mol. The number of nitrogens with two attached hydrogens (primary N) is 1. The third-order valence-electron chi connectivity index (χ3n) is 3.71. The minimum absolute atomic E-state index is 0.167. The monoisotopic (exact) mass is 209 g/mol. The normalized spacial score (nSPS) is 39.9. The van der Waals surface area contributed by atoms with E-state index >= 15 is 0 Å². The fourth-order valence-electron chi connectivity index (χ4n) is 3.01. The first-order chi connectivity index (χ1) is 7.15. The summed E-state index contributed by atoms with van der Waals surface area (Å²) in [7, 11) is 0. The van der Waals surface area contributed by atoms with E-state index in [0.717, 1.165) is 13.0 Å². The smallest absolute Gasteiger partial charge is 0.134 e. The molecule has 0 aromatic carbocycles. The molecule has 2 fully saturated rings. The summed E-state index contributed by atoms with van der Waals surface area (Å²) in [5.41, 5.74) is 6.17. The Labute approximate surface area is 91.0 Å². The van der Waals surface area contributed by atoms with Crippen molar-refractivity contribution < 1.29 is 4.74 Å². The third kappa shape index (κ3) is 1.76. The molecule has 2 rings (SSSR count). The summed E-state index contributed by atoms with van der Waals surface area (Å²) in [6, 6.07) is 3.10. The Kier molecular flexibility index (Phi) is 2.96. The first-order valence-electron chi connectivity index (χ1n) is 5.65. The van der Waals surface area contributed by atoms with E-state index in [1.165, 1.54) is 0 Å². The van der Waals surface area contributed by atoms with E-state index in [0.29, 0.717) is 18.0 Å². The van der Waals surface area contributed by atoms with Crippen molar-refractivity contribution in [1.29, 1.82) is 5.26 Å². The average molecular weight is 209 g/mol. The number of ether oxygens (including phenoxy) is 1. The van der Waals surface area contributed by atoms with Crippen LogP contribution in [0.25, 0.3) is 0 Å². The van der Waals surface area contributed by atoms with Gasteiger partial charge in [0, 0.05) is 18.6 Å². The number of piperidine rings is 1. The highest BCUT2D eigenvalue weighted by molar-refractivity contribution is 5.08. The lowest BCUT2D eigenvalue weighted by Crippen LogP contribution is -2.49. The van der Waals surface area contributed by atoms with Crippen molar-refractivity contribution in [2.24, 2.45) is 11.7 Å². The summed E-state index contributed by atoms with van der Waals surface area (Å²) in [4.78, 5) is 2.42. The second-order valence-corrected chi connectivity index (χ2v) is 4.86. The van der Waals surface area contributed by atoms with E-state index < -0.39 is 0 Å². The van der Waals surface area contributed by atoms with Crippen molar-refractivity contribution >= 4 is 0 Å². The summed E-state index contributed by atoms with van der Waals surface area (Å²) < 4.78 is 5.55. The van der Waals surface area contributed by atoms with Crippen LogP contribution >= 0.6 is 0 Å². The minimum Gasteiger partial charge on any atom is -0.362 e. The SMILES string of the molecule is CC(C)N1CC2CC(OCC#N)C1C2N. The van der Waals surface area contributed by atoms with Crippen LogP contribution in [-0.4, -0.2) is 42.3 Å². The summed E-state index contributed by atoms with van der Waals surface area (Å²) >= 11 is 0. The third-order valence-corrected chi connectivity index (χ3v) is 3.71. The van der Waals surface area contributed by atoms with Crippen molar-refractivity contribution in [3.63, 3.8) is 0 Å². The van der Waals surface area contributed by atoms with Crippen LogP contribution < -0.4 is 5.73 Å². The van der Waals surface area contributed by atoms with Crippen LogP contribution in [-0.2, 0) is 4.74 Å². The van der Waals surface area contributed by atoms with Crippen LogP contribution in [0.3, 0.4) is 0 Å². The number of likely N-dealkylation sites (tertiary alicyclic amines) is 1. The Morgan fingerprint density at radius 3 is 2.87 bits per heavy atom. The largest absolute Gasteiger partial charge is 0.362 e. The van der Waals surface area contributed by atoms with Gasteiger partial charge in [-0.15, -0.1) is 0 Å². The average Bonchev–Trinajstić information content (AvgIpc) is 2.68. The Bertz CT molecular complexity index is 273. The lowest BCUT2D eigenvalue weighted by atomic mass is 10.1. The fraction of sp³-hybridized carbons (Fsp3) is 0.909. The Balaban J connectivity index is 2.03. The highest BCUT2D eigenvalue weighted by Gasteiger charge is 2.52. The van der Waals surface area contributed by atoms with Gasteiger partial charge in [0.05, 0.1) is 18.2 Å². The molecule has 1 aliphatic heterocycles. The van der Waals surface area contributed by atoms with Gasteiger partial charge in [0.15, 0.2) is 0 Å². The molecule has 1 aliphatic carbocycles. The van der Waals surface area contributed by atoms with E-state index in [2.05, 4.69) is 18.7 Å². The van der Waals surface area contributed by atoms with Crippen LogP contribution in [0.4, 0.5) is 0 Å². The molecule has 1 heterocycles. The van der Waals surface area contributed by atoms with Crippen molar-refractivity contribution in [3.05, 3.63) is 0 Å². The maximum Gasteiger partial charge on any atom is 0.134 e. The number of nitrogens with zero attached hydrogens (tertiary/aromatic N) is 2. The highest BCUT2D eigenvalue weighted by Crippen LogP contribution is 2.39. The molecule has 0 spiro atoms. The van der Waals surface area contributed by atoms with E-state index in [-0.39, 0.29) is 18.8 Å². The molecule has 0 aromatic heterocycles. The van der Waals surface area contributed by atoms with Crippen molar-refractivity contribution in [1.82, 2.24) is 4.90 Å². The molecule has 1 saturated heterocycles. The van der Waals surface area contributed by atoms with Gasteiger partial charge < -0.3 is 10.5 Å². The standard InChI is InChI=1S/C11H19N3O/c1-7(2)14-6-8-5-9(15-4-3-12)11(14)10(8)13/h7-11H,4-6,13H2,1-2H3. The number of hydrogen-bond donors (Lipinski definition) is 1. The minimum atomic E-state index is 0.167. The summed E-state index contributed by atoms with van der Waals surface area (Å²) in [5.74, 6) is 0.557. The molecule has 84 valence electrons. The summed E-state index contributed by atoms with van der Waals surface area (Å²) in [5, 5.41) is 8.52. The van der Waals surface area contributed by atoms with E-state index in [1.807, 2.05) is 6.07 Å². The van der Waals surface area contributed by atoms with Crippen molar-refractivity contribution in [2.75, 3.05) is 13.2 Å². The Morgan fingerprint density at radius 2 is 2.33 bits per heavy atom. The van der Waals surface area contributed by atoms with Gasteiger partial charge in [-0.3, -0.25) is 4.90 Å². The van der Waals surface area contributed by atoms with Gasteiger partial charge in [0.2, 0.25) is 0 Å². The van der Waals surface area contributed by atoms with E-state index in [4.69, 9.17) is 15.7 Å². The van der Waals surface area contributed by atoms with Gasteiger partial charge >= 0.3 is 0 Å². The van der Waals surface area contributed by atoms with Crippen LogP contribution in [0.2, 0.25) is 0 Å². The first kappa shape index (κ1) is 10.9. The predicted molar refractivity (Wildman–Crippen MR) is 57.1 cm³/mol. The second kappa shape index (κ2) is 4.09. The molecule has 2 N–H and O–H groups in total. The lowest BCUT2D eigenvalue weighted by molar-refractivity contribution is -0.00718. The lowest BCUT2D eigenvalue weighted by Gasteiger charge is -2.35. The molecule has 4 heteroatoms. The van der Waals surface area contributed by atoms with Gasteiger partial charge in [0.25, 0.3) is 0 Å². The molecule has 2 aliphatic rings. The van der Waals surface area contributed by atoms with E-state index in [9.17, 15) is 0 Å². The fourth-order valence-corrected chi connectivity index (χ4v) is 3.01. The van der Waals surface area contributed by atoms with Crippen LogP contribution in [0.15, 0.2) is 0 Å². The quantitative estimate of drug-likeness (QED) is 0.728. The maximum absolute atomic E-state index is 8.52. The molecule has 0 aromatic rings. The maximum atomic E-state index is 8.52. The first-order valence-corrected chi connectivity index (χ1v) is 5.65. The van der Waals surface area contributed by atoms with Gasteiger partial charge in [-0.25, -0.2) is 0 Å². The zero-order chi connectivity index (χ0) is 11.0. The Morgan fingerprint density at radius 1 is 1.60 bits per heavy atom. The molecule has 0 radical (unpaired) electrons. The molecule has 4 unspecified atom stereocenters. The van der Waals surface area contributed by atoms with Crippen molar-refractivity contribution in [2.45, 2.75) is 44.5 Å². The molecule has 4 atom stereocenters. The zero-order valence-electron chi connectivity index (χ0n) is 9.39. The Hall–Kier alpha value is -0.630. The molecule has 1 saturated carbocycles. The van der Waals surface area contributed by atoms with Crippen LogP contribution in [0, 0.1) is 17.2 Å². The van der Waals surface area contributed by atoms with Crippen LogP contribution in [0.5, 0.6) is 0 Å². The molecular formula is C11H19N3O. The topological polar surface area (TPSA) is 62.3 Å². The molecule has 2 bridgehead atoms. The molecule has 4 nitrogen and oxygen atoms in total.